The second-order valence-corrected chi connectivity index (χ2v) is 10.4. The molecule has 2 aromatic rings. The van der Waals surface area contributed by atoms with E-state index < -0.39 is 10.0 Å². The SMILES string of the molecule is Cc1ccc(NC(=O)CSCC(=O)Nc2ccc(S(=O)(=O)N3CCCCC3)cc2)cc1. The first-order chi connectivity index (χ1) is 14.8. The van der Waals surface area contributed by atoms with Gasteiger partial charge in [-0.2, -0.15) is 4.31 Å². The summed E-state index contributed by atoms with van der Waals surface area (Å²) in [5.41, 5.74) is 2.36. The number of anilines is 2. The molecule has 166 valence electrons. The summed E-state index contributed by atoms with van der Waals surface area (Å²) in [6, 6.07) is 13.7. The number of thioether (sulfide) groups is 1. The lowest BCUT2D eigenvalue weighted by molar-refractivity contribution is -0.114. The van der Waals surface area contributed by atoms with E-state index in [1.165, 1.54) is 28.2 Å². The van der Waals surface area contributed by atoms with Crippen LogP contribution in [0.25, 0.3) is 0 Å². The highest BCUT2D eigenvalue weighted by Gasteiger charge is 2.25. The van der Waals surface area contributed by atoms with Crippen molar-refractivity contribution in [1.82, 2.24) is 4.31 Å². The topological polar surface area (TPSA) is 95.6 Å². The Morgan fingerprint density at radius 2 is 1.32 bits per heavy atom. The molecular weight excluding hydrogens is 434 g/mol. The fourth-order valence-electron chi connectivity index (χ4n) is 3.23. The fourth-order valence-corrected chi connectivity index (χ4v) is 5.37. The molecule has 0 saturated carbocycles. The minimum atomic E-state index is -3.49. The van der Waals surface area contributed by atoms with Crippen molar-refractivity contribution in [2.45, 2.75) is 31.1 Å². The lowest BCUT2D eigenvalue weighted by atomic mass is 10.2. The van der Waals surface area contributed by atoms with Gasteiger partial charge in [-0.15, -0.1) is 11.8 Å². The van der Waals surface area contributed by atoms with Gasteiger partial charge in [0.1, 0.15) is 0 Å². The lowest BCUT2D eigenvalue weighted by Gasteiger charge is -2.25. The normalized spacial score (nSPS) is 14.7. The maximum absolute atomic E-state index is 12.7. The fraction of sp³-hybridized carbons (Fsp3) is 0.364. The Balaban J connectivity index is 1.44. The van der Waals surface area contributed by atoms with Crippen LogP contribution in [-0.2, 0) is 19.6 Å². The van der Waals surface area contributed by atoms with Crippen LogP contribution in [-0.4, -0.2) is 49.1 Å². The molecule has 1 aliphatic rings. The summed E-state index contributed by atoms with van der Waals surface area (Å²) >= 11 is 1.21. The van der Waals surface area contributed by atoms with Crippen molar-refractivity contribution >= 4 is 45.0 Å². The molecule has 1 aliphatic heterocycles. The van der Waals surface area contributed by atoms with E-state index in [0.29, 0.717) is 18.8 Å². The molecule has 2 aromatic carbocycles. The van der Waals surface area contributed by atoms with Crippen LogP contribution < -0.4 is 10.6 Å². The Kier molecular flexibility index (Phi) is 8.11. The summed E-state index contributed by atoms with van der Waals surface area (Å²) in [4.78, 5) is 24.3. The van der Waals surface area contributed by atoms with Gasteiger partial charge in [-0.1, -0.05) is 24.1 Å². The molecule has 0 radical (unpaired) electrons. The number of hydrogen-bond acceptors (Lipinski definition) is 5. The van der Waals surface area contributed by atoms with Gasteiger partial charge in [-0.05, 0) is 56.2 Å². The number of hydrogen-bond donors (Lipinski definition) is 2. The van der Waals surface area contributed by atoms with Crippen LogP contribution in [0.5, 0.6) is 0 Å². The Bertz CT molecular complexity index is 1000. The summed E-state index contributed by atoms with van der Waals surface area (Å²) in [5, 5.41) is 5.52. The first-order valence-electron chi connectivity index (χ1n) is 10.2. The van der Waals surface area contributed by atoms with E-state index in [-0.39, 0.29) is 28.2 Å². The number of amides is 2. The molecule has 1 heterocycles. The highest BCUT2D eigenvalue weighted by Crippen LogP contribution is 2.22. The molecule has 0 spiro atoms. The van der Waals surface area contributed by atoms with Gasteiger partial charge in [-0.3, -0.25) is 9.59 Å². The summed E-state index contributed by atoms with van der Waals surface area (Å²) in [7, 11) is -3.49. The number of piperidine rings is 1. The average Bonchev–Trinajstić information content (AvgIpc) is 2.76. The van der Waals surface area contributed by atoms with E-state index in [1.807, 2.05) is 31.2 Å². The van der Waals surface area contributed by atoms with Gasteiger partial charge in [0.2, 0.25) is 21.8 Å². The summed E-state index contributed by atoms with van der Waals surface area (Å²) < 4.78 is 26.9. The smallest absolute Gasteiger partial charge is 0.243 e. The zero-order chi connectivity index (χ0) is 22.3. The van der Waals surface area contributed by atoms with Crippen LogP contribution in [0.2, 0.25) is 0 Å². The number of nitrogens with one attached hydrogen (secondary N) is 2. The number of aryl methyl sites for hydroxylation is 1. The van der Waals surface area contributed by atoms with E-state index in [1.54, 1.807) is 12.1 Å². The van der Waals surface area contributed by atoms with E-state index in [9.17, 15) is 18.0 Å². The van der Waals surface area contributed by atoms with Gasteiger partial charge >= 0.3 is 0 Å². The van der Waals surface area contributed by atoms with Crippen molar-refractivity contribution in [3.63, 3.8) is 0 Å². The molecule has 0 aliphatic carbocycles. The molecule has 9 heteroatoms. The number of benzene rings is 2. The van der Waals surface area contributed by atoms with E-state index >= 15 is 0 Å². The van der Waals surface area contributed by atoms with Gasteiger partial charge in [0.25, 0.3) is 0 Å². The quantitative estimate of drug-likeness (QED) is 0.628. The van der Waals surface area contributed by atoms with Crippen LogP contribution in [0.1, 0.15) is 24.8 Å². The second-order valence-electron chi connectivity index (χ2n) is 7.44. The van der Waals surface area contributed by atoms with E-state index in [4.69, 9.17) is 0 Å². The summed E-state index contributed by atoms with van der Waals surface area (Å²) in [6.07, 6.45) is 2.82. The number of nitrogens with zero attached hydrogens (tertiary/aromatic N) is 1. The molecule has 1 saturated heterocycles. The van der Waals surface area contributed by atoms with Gasteiger partial charge < -0.3 is 10.6 Å². The Labute approximate surface area is 187 Å². The van der Waals surface area contributed by atoms with E-state index in [0.717, 1.165) is 30.5 Å². The number of carbonyl (C=O) groups is 2. The van der Waals surface area contributed by atoms with Crippen LogP contribution >= 0.6 is 11.8 Å². The zero-order valence-corrected chi connectivity index (χ0v) is 19.1. The van der Waals surface area contributed by atoms with Crippen LogP contribution in [0.4, 0.5) is 11.4 Å². The Morgan fingerprint density at radius 1 is 0.839 bits per heavy atom. The van der Waals surface area contributed by atoms with Crippen molar-refractivity contribution in [2.24, 2.45) is 0 Å². The van der Waals surface area contributed by atoms with Crippen molar-refractivity contribution in [3.8, 4) is 0 Å². The van der Waals surface area contributed by atoms with Gasteiger partial charge in [0.15, 0.2) is 0 Å². The van der Waals surface area contributed by atoms with Crippen LogP contribution in [0.15, 0.2) is 53.4 Å². The van der Waals surface area contributed by atoms with Crippen molar-refractivity contribution in [3.05, 3.63) is 54.1 Å². The molecular formula is C22H27N3O4S2. The molecule has 0 atom stereocenters. The third-order valence-corrected chi connectivity index (χ3v) is 7.74. The maximum atomic E-state index is 12.7. The highest BCUT2D eigenvalue weighted by molar-refractivity contribution is 8.00. The minimum absolute atomic E-state index is 0.120. The predicted molar refractivity (Wildman–Crippen MR) is 125 cm³/mol. The summed E-state index contributed by atoms with van der Waals surface area (Å²) in [6.45, 7) is 3.08. The molecule has 31 heavy (non-hydrogen) atoms. The number of sulfonamides is 1. The van der Waals surface area contributed by atoms with Gasteiger partial charge in [0, 0.05) is 24.5 Å². The standard InChI is InChI=1S/C22H27N3O4S2/c1-17-5-7-18(8-6-17)23-21(26)15-30-16-22(27)24-19-9-11-20(12-10-19)31(28,29)25-13-3-2-4-14-25/h5-12H,2-4,13-16H2,1H3,(H,23,26)(H,24,27). The Morgan fingerprint density at radius 3 is 1.84 bits per heavy atom. The largest absolute Gasteiger partial charge is 0.325 e. The Hall–Kier alpha value is -2.36. The first kappa shape index (κ1) is 23.3. The number of rotatable bonds is 8. The van der Waals surface area contributed by atoms with Crippen molar-refractivity contribution in [1.29, 1.82) is 0 Å². The van der Waals surface area contributed by atoms with Crippen molar-refractivity contribution < 1.29 is 18.0 Å². The molecule has 7 nitrogen and oxygen atoms in total. The monoisotopic (exact) mass is 461 g/mol. The molecule has 3 rings (SSSR count). The average molecular weight is 462 g/mol. The third-order valence-electron chi connectivity index (χ3n) is 4.89. The van der Waals surface area contributed by atoms with Crippen LogP contribution in [0, 0.1) is 6.92 Å². The van der Waals surface area contributed by atoms with Gasteiger partial charge in [0.05, 0.1) is 16.4 Å². The maximum Gasteiger partial charge on any atom is 0.243 e. The molecule has 2 amide bonds. The second kappa shape index (κ2) is 10.8. The van der Waals surface area contributed by atoms with Crippen molar-refractivity contribution in [2.75, 3.05) is 35.2 Å². The molecule has 0 bridgehead atoms. The minimum Gasteiger partial charge on any atom is -0.325 e. The third kappa shape index (κ3) is 6.81. The zero-order valence-electron chi connectivity index (χ0n) is 17.5. The summed E-state index contributed by atoms with van der Waals surface area (Å²) in [5.74, 6) is -0.141. The molecule has 0 unspecified atom stereocenters. The lowest BCUT2D eigenvalue weighted by Crippen LogP contribution is -2.35. The van der Waals surface area contributed by atoms with E-state index in [2.05, 4.69) is 10.6 Å². The van der Waals surface area contributed by atoms with Crippen LogP contribution in [0.3, 0.4) is 0 Å². The molecule has 0 aromatic heterocycles. The highest BCUT2D eigenvalue weighted by atomic mass is 32.2. The number of carbonyl (C=O) groups excluding carboxylic acids is 2. The molecule has 2 N–H and O–H groups in total. The predicted octanol–water partition coefficient (Wildman–Crippen LogP) is 3.48. The molecule has 1 fully saturated rings. The first-order valence-corrected chi connectivity index (χ1v) is 12.8. The van der Waals surface area contributed by atoms with Gasteiger partial charge in [-0.25, -0.2) is 8.42 Å².